The van der Waals surface area contributed by atoms with Crippen molar-refractivity contribution >= 4 is 32.9 Å². The van der Waals surface area contributed by atoms with Crippen molar-refractivity contribution in [2.75, 3.05) is 21.3 Å². The molecule has 8 nitrogen and oxygen atoms in total. The van der Waals surface area contributed by atoms with Crippen molar-refractivity contribution in [3.05, 3.63) is 48.0 Å². The van der Waals surface area contributed by atoms with Crippen LogP contribution in [0, 0.1) is 6.92 Å². The van der Waals surface area contributed by atoms with E-state index in [-0.39, 0.29) is 15.7 Å². The molecule has 0 fully saturated rings. The van der Waals surface area contributed by atoms with E-state index >= 15 is 0 Å². The fourth-order valence-corrected chi connectivity index (χ4v) is 3.53. The van der Waals surface area contributed by atoms with Crippen molar-refractivity contribution in [1.29, 1.82) is 0 Å². The zero-order valence-electron chi connectivity index (χ0n) is 15.7. The van der Waals surface area contributed by atoms with Gasteiger partial charge in [-0.3, -0.25) is 4.28 Å². The summed E-state index contributed by atoms with van der Waals surface area (Å²) in [5.41, 5.74) is 1.04. The van der Waals surface area contributed by atoms with E-state index in [0.29, 0.717) is 10.6 Å². The molecule has 0 N–H and O–H groups in total. The third-order valence-corrected chi connectivity index (χ3v) is 5.50. The molecule has 0 amide bonds. The molecule has 2 aromatic carbocycles. The number of nitrogens with zero attached hydrogens (tertiary/aromatic N) is 1. The molecule has 0 spiro atoms. The molecule has 0 aliphatic heterocycles. The molecule has 10 heteroatoms. The monoisotopic (exact) mass is 425 g/mol. The molecule has 0 saturated heterocycles. The van der Waals surface area contributed by atoms with Crippen LogP contribution >= 0.6 is 11.8 Å². The Morgan fingerprint density at radius 1 is 0.964 bits per heavy atom. The van der Waals surface area contributed by atoms with Gasteiger partial charge in [-0.25, -0.2) is 4.79 Å². The number of benzene rings is 2. The highest BCUT2D eigenvalue weighted by molar-refractivity contribution is 8.15. The van der Waals surface area contributed by atoms with Gasteiger partial charge in [-0.05, 0) is 31.2 Å². The van der Waals surface area contributed by atoms with Gasteiger partial charge in [0, 0.05) is 11.0 Å². The third-order valence-electron chi connectivity index (χ3n) is 3.46. The fraction of sp³-hybridized carbons (Fsp3) is 0.222. The van der Waals surface area contributed by atoms with Gasteiger partial charge in [0.25, 0.3) is 0 Å². The number of thioether (sulfide) groups is 1. The topological polar surface area (TPSA) is 100 Å². The minimum atomic E-state index is -4.30. The van der Waals surface area contributed by atoms with E-state index in [1.165, 1.54) is 32.4 Å². The molecule has 0 saturated carbocycles. The van der Waals surface area contributed by atoms with Gasteiger partial charge in [0.1, 0.15) is 4.90 Å². The maximum absolute atomic E-state index is 12.4. The van der Waals surface area contributed by atoms with Crippen molar-refractivity contribution in [3.8, 4) is 11.5 Å². The van der Waals surface area contributed by atoms with Crippen LogP contribution in [0.25, 0.3) is 0 Å². The van der Waals surface area contributed by atoms with Crippen LogP contribution in [0.15, 0.2) is 57.4 Å². The standard InChI is InChI=1S/C18H19NO7S2/c1-12-5-7-13(8-6-12)27-17(18(20)25-4)19-26-28(21,22)14-9-10-15(23-2)16(11-14)24-3/h5-11H,1-4H3/b19-17-. The molecule has 28 heavy (non-hydrogen) atoms. The summed E-state index contributed by atoms with van der Waals surface area (Å²) in [4.78, 5) is 12.4. The van der Waals surface area contributed by atoms with Crippen molar-refractivity contribution < 1.29 is 31.7 Å². The lowest BCUT2D eigenvalue weighted by atomic mass is 10.2. The second-order valence-electron chi connectivity index (χ2n) is 5.35. The van der Waals surface area contributed by atoms with E-state index in [1.54, 1.807) is 12.1 Å². The lowest BCUT2D eigenvalue weighted by molar-refractivity contribution is -0.132. The van der Waals surface area contributed by atoms with Gasteiger partial charge in [-0.1, -0.05) is 34.6 Å². The second-order valence-corrected chi connectivity index (χ2v) is 7.94. The van der Waals surface area contributed by atoms with Crippen molar-refractivity contribution in [3.63, 3.8) is 0 Å². The van der Waals surface area contributed by atoms with E-state index in [0.717, 1.165) is 24.4 Å². The van der Waals surface area contributed by atoms with E-state index in [9.17, 15) is 13.2 Å². The Morgan fingerprint density at radius 3 is 2.18 bits per heavy atom. The molecule has 0 unspecified atom stereocenters. The molecule has 0 aromatic heterocycles. The Balaban J connectivity index is 2.29. The van der Waals surface area contributed by atoms with Crippen LogP contribution in [0.4, 0.5) is 0 Å². The highest BCUT2D eigenvalue weighted by atomic mass is 32.2. The van der Waals surface area contributed by atoms with E-state index in [4.69, 9.17) is 13.8 Å². The van der Waals surface area contributed by atoms with Crippen LogP contribution in [0.3, 0.4) is 0 Å². The second kappa shape index (κ2) is 9.47. The summed E-state index contributed by atoms with van der Waals surface area (Å²) < 4.78 is 44.4. The summed E-state index contributed by atoms with van der Waals surface area (Å²) in [5.74, 6) is -0.262. The van der Waals surface area contributed by atoms with Gasteiger partial charge in [-0.2, -0.15) is 8.42 Å². The van der Waals surface area contributed by atoms with Crippen molar-refractivity contribution in [2.45, 2.75) is 16.7 Å². The minimum absolute atomic E-state index is 0.207. The first-order valence-corrected chi connectivity index (χ1v) is 10.1. The number of methoxy groups -OCH3 is 3. The smallest absolute Gasteiger partial charge is 0.367 e. The summed E-state index contributed by atoms with van der Waals surface area (Å²) in [6.45, 7) is 1.92. The quantitative estimate of drug-likeness (QED) is 0.229. The Morgan fingerprint density at radius 2 is 1.61 bits per heavy atom. The summed E-state index contributed by atoms with van der Waals surface area (Å²) >= 11 is 0.921. The van der Waals surface area contributed by atoms with E-state index < -0.39 is 16.1 Å². The molecule has 2 aromatic rings. The zero-order chi connectivity index (χ0) is 20.7. The maximum atomic E-state index is 12.4. The third kappa shape index (κ3) is 5.40. The summed E-state index contributed by atoms with van der Waals surface area (Å²) in [7, 11) is -0.331. The Bertz CT molecular complexity index is 970. The summed E-state index contributed by atoms with van der Waals surface area (Å²) in [6.07, 6.45) is 0. The SMILES string of the molecule is COC(=O)/C(=N/OS(=O)(=O)c1ccc(OC)c(OC)c1)Sc1ccc(C)cc1. The summed E-state index contributed by atoms with van der Waals surface area (Å²) in [6, 6.07) is 11.1. The maximum Gasteiger partial charge on any atom is 0.367 e. The highest BCUT2D eigenvalue weighted by Crippen LogP contribution is 2.30. The molecule has 0 bridgehead atoms. The van der Waals surface area contributed by atoms with Crippen LogP contribution in [-0.2, 0) is 23.9 Å². The fourth-order valence-electron chi connectivity index (χ4n) is 2.00. The van der Waals surface area contributed by atoms with Crippen LogP contribution in [0.1, 0.15) is 5.56 Å². The number of rotatable bonds is 6. The van der Waals surface area contributed by atoms with E-state index in [2.05, 4.69) is 9.89 Å². The number of hydrogen-bond donors (Lipinski definition) is 0. The number of carbonyl (C=O) groups is 1. The van der Waals surface area contributed by atoms with Gasteiger partial charge < -0.3 is 14.2 Å². The van der Waals surface area contributed by atoms with Crippen molar-refractivity contribution in [1.82, 2.24) is 0 Å². The molecular weight excluding hydrogens is 406 g/mol. The van der Waals surface area contributed by atoms with Crippen LogP contribution in [0.5, 0.6) is 11.5 Å². The highest BCUT2D eigenvalue weighted by Gasteiger charge is 2.22. The summed E-state index contributed by atoms with van der Waals surface area (Å²) in [5, 5.41) is 3.24. The number of aryl methyl sites for hydroxylation is 1. The number of ether oxygens (including phenoxy) is 3. The normalized spacial score (nSPS) is 11.6. The molecular formula is C18H19NO7S2. The number of hydrogen-bond acceptors (Lipinski definition) is 9. The van der Waals surface area contributed by atoms with Crippen LogP contribution in [0.2, 0.25) is 0 Å². The Labute approximate surface area is 167 Å². The number of esters is 1. The first kappa shape index (κ1) is 21.6. The molecule has 150 valence electrons. The van der Waals surface area contributed by atoms with Gasteiger partial charge in [0.05, 0.1) is 21.3 Å². The van der Waals surface area contributed by atoms with Crippen molar-refractivity contribution in [2.24, 2.45) is 5.16 Å². The average Bonchev–Trinajstić information content (AvgIpc) is 2.71. The first-order valence-electron chi connectivity index (χ1n) is 7.87. The van der Waals surface area contributed by atoms with Crippen LogP contribution in [-0.4, -0.2) is 40.8 Å². The molecule has 0 aliphatic carbocycles. The first-order chi connectivity index (χ1) is 13.3. The average molecular weight is 425 g/mol. The molecule has 2 rings (SSSR count). The zero-order valence-corrected chi connectivity index (χ0v) is 17.3. The van der Waals surface area contributed by atoms with Gasteiger partial charge in [0.2, 0.25) is 5.04 Å². The Hall–Kier alpha value is -2.72. The van der Waals surface area contributed by atoms with Gasteiger partial charge in [0.15, 0.2) is 11.5 Å². The molecule has 0 atom stereocenters. The van der Waals surface area contributed by atoms with Crippen LogP contribution < -0.4 is 9.47 Å². The largest absolute Gasteiger partial charge is 0.493 e. The minimum Gasteiger partial charge on any atom is -0.493 e. The predicted molar refractivity (Wildman–Crippen MR) is 104 cm³/mol. The van der Waals surface area contributed by atoms with E-state index in [1.807, 2.05) is 19.1 Å². The molecule has 0 radical (unpaired) electrons. The Kier molecular flexibility index (Phi) is 7.30. The van der Waals surface area contributed by atoms with Gasteiger partial charge in [-0.15, -0.1) is 0 Å². The number of carbonyl (C=O) groups excluding carboxylic acids is 1. The molecule has 0 heterocycles. The number of oxime groups is 1. The lowest BCUT2D eigenvalue weighted by Gasteiger charge is -2.09. The predicted octanol–water partition coefficient (Wildman–Crippen LogP) is 3.00. The molecule has 0 aliphatic rings. The lowest BCUT2D eigenvalue weighted by Crippen LogP contribution is -2.14. The van der Waals surface area contributed by atoms with Gasteiger partial charge >= 0.3 is 16.1 Å².